The van der Waals surface area contributed by atoms with Gasteiger partial charge in [0.25, 0.3) is 0 Å². The first-order valence-electron chi connectivity index (χ1n) is 7.02. The van der Waals surface area contributed by atoms with Gasteiger partial charge in [0, 0.05) is 6.04 Å². The molecular formula is C13H24N2O3. The van der Waals surface area contributed by atoms with Gasteiger partial charge in [-0.3, -0.25) is 4.79 Å². The second-order valence-electron chi connectivity index (χ2n) is 5.52. The molecule has 4 N–H and O–H groups in total. The number of amides is 1. The topological polar surface area (TPSA) is 81.6 Å². The molecule has 2 rings (SSSR count). The van der Waals surface area contributed by atoms with Crippen molar-refractivity contribution >= 4 is 5.91 Å². The fourth-order valence-corrected chi connectivity index (χ4v) is 3.15. The molecule has 0 aromatic rings. The summed E-state index contributed by atoms with van der Waals surface area (Å²) in [5, 5.41) is 24.0. The molecule has 1 amide bonds. The molecule has 1 saturated carbocycles. The van der Waals surface area contributed by atoms with E-state index in [0.29, 0.717) is 6.04 Å². The van der Waals surface area contributed by atoms with Gasteiger partial charge in [0.05, 0.1) is 25.3 Å². The van der Waals surface area contributed by atoms with Gasteiger partial charge in [-0.15, -0.1) is 0 Å². The highest BCUT2D eigenvalue weighted by Gasteiger charge is 2.34. The molecular weight excluding hydrogens is 232 g/mol. The van der Waals surface area contributed by atoms with Crippen LogP contribution in [0.4, 0.5) is 0 Å². The van der Waals surface area contributed by atoms with Crippen LogP contribution >= 0.6 is 0 Å². The molecule has 1 saturated heterocycles. The summed E-state index contributed by atoms with van der Waals surface area (Å²) < 4.78 is 0. The number of rotatable bonds is 4. The van der Waals surface area contributed by atoms with Crippen molar-refractivity contribution in [2.75, 3.05) is 13.2 Å². The monoisotopic (exact) mass is 256 g/mol. The van der Waals surface area contributed by atoms with Gasteiger partial charge in [-0.2, -0.15) is 0 Å². The van der Waals surface area contributed by atoms with Crippen LogP contribution in [0, 0.1) is 5.92 Å². The summed E-state index contributed by atoms with van der Waals surface area (Å²) in [5.41, 5.74) is 0. The molecule has 1 aliphatic carbocycles. The Kier molecular flexibility index (Phi) is 4.97. The molecule has 2 fully saturated rings. The van der Waals surface area contributed by atoms with Crippen LogP contribution in [-0.2, 0) is 4.79 Å². The molecule has 0 spiro atoms. The number of aliphatic hydroxyl groups is 2. The van der Waals surface area contributed by atoms with Crippen molar-refractivity contribution in [1.29, 1.82) is 0 Å². The van der Waals surface area contributed by atoms with E-state index in [1.165, 1.54) is 19.3 Å². The zero-order valence-electron chi connectivity index (χ0n) is 10.8. The van der Waals surface area contributed by atoms with Crippen LogP contribution in [0.15, 0.2) is 0 Å². The van der Waals surface area contributed by atoms with Crippen molar-refractivity contribution in [2.24, 2.45) is 5.92 Å². The molecule has 5 nitrogen and oxygen atoms in total. The maximum absolute atomic E-state index is 12.0. The van der Waals surface area contributed by atoms with Crippen LogP contribution in [0.5, 0.6) is 0 Å². The number of piperidine rings is 1. The zero-order valence-corrected chi connectivity index (χ0v) is 10.8. The number of carbonyl (C=O) groups is 1. The van der Waals surface area contributed by atoms with Gasteiger partial charge in [-0.25, -0.2) is 0 Å². The number of fused-ring (bicyclic) bond motifs is 1. The van der Waals surface area contributed by atoms with E-state index in [0.717, 1.165) is 25.2 Å². The molecule has 3 unspecified atom stereocenters. The Morgan fingerprint density at radius 2 is 1.89 bits per heavy atom. The lowest BCUT2D eigenvalue weighted by molar-refractivity contribution is -0.125. The molecule has 104 valence electrons. The van der Waals surface area contributed by atoms with Crippen LogP contribution in [0.25, 0.3) is 0 Å². The molecule has 18 heavy (non-hydrogen) atoms. The Bertz CT molecular complexity index is 281. The maximum atomic E-state index is 12.0. The van der Waals surface area contributed by atoms with Gasteiger partial charge in [-0.05, 0) is 31.6 Å². The SMILES string of the molecule is O=C(NC(CO)CO)C1CCC2CCCCC2N1. The summed E-state index contributed by atoms with van der Waals surface area (Å²) in [7, 11) is 0. The smallest absolute Gasteiger partial charge is 0.237 e. The van der Waals surface area contributed by atoms with Crippen molar-refractivity contribution in [3.8, 4) is 0 Å². The van der Waals surface area contributed by atoms with Gasteiger partial charge in [0.15, 0.2) is 0 Å². The van der Waals surface area contributed by atoms with Gasteiger partial charge in [-0.1, -0.05) is 12.8 Å². The molecule has 0 radical (unpaired) electrons. The van der Waals surface area contributed by atoms with Crippen LogP contribution in [0.1, 0.15) is 38.5 Å². The molecule has 0 aromatic carbocycles. The molecule has 1 heterocycles. The predicted molar refractivity (Wildman–Crippen MR) is 68.0 cm³/mol. The van der Waals surface area contributed by atoms with Crippen LogP contribution < -0.4 is 10.6 Å². The Labute approximate surface area is 108 Å². The fraction of sp³-hybridized carbons (Fsp3) is 0.923. The van der Waals surface area contributed by atoms with E-state index in [9.17, 15) is 4.79 Å². The minimum absolute atomic E-state index is 0.0906. The lowest BCUT2D eigenvalue weighted by Crippen LogP contribution is -2.57. The van der Waals surface area contributed by atoms with E-state index >= 15 is 0 Å². The van der Waals surface area contributed by atoms with E-state index < -0.39 is 6.04 Å². The number of hydrogen-bond acceptors (Lipinski definition) is 4. The highest BCUT2D eigenvalue weighted by molar-refractivity contribution is 5.82. The first-order chi connectivity index (χ1) is 8.74. The Morgan fingerprint density at radius 1 is 1.17 bits per heavy atom. The third kappa shape index (κ3) is 3.22. The third-order valence-corrected chi connectivity index (χ3v) is 4.25. The van der Waals surface area contributed by atoms with E-state index in [1.807, 2.05) is 0 Å². The average Bonchev–Trinajstić information content (AvgIpc) is 2.44. The van der Waals surface area contributed by atoms with Gasteiger partial charge in [0.2, 0.25) is 5.91 Å². The fourth-order valence-electron chi connectivity index (χ4n) is 3.15. The predicted octanol–water partition coefficient (Wildman–Crippen LogP) is -0.233. The molecule has 3 atom stereocenters. The quantitative estimate of drug-likeness (QED) is 0.560. The average molecular weight is 256 g/mol. The van der Waals surface area contributed by atoms with Crippen molar-refractivity contribution in [3.63, 3.8) is 0 Å². The molecule has 0 bridgehead atoms. The maximum Gasteiger partial charge on any atom is 0.237 e. The molecule has 5 heteroatoms. The van der Waals surface area contributed by atoms with E-state index in [4.69, 9.17) is 10.2 Å². The molecule has 2 aliphatic rings. The molecule has 0 aromatic heterocycles. The third-order valence-electron chi connectivity index (χ3n) is 4.25. The summed E-state index contributed by atoms with van der Waals surface area (Å²) in [6.45, 7) is -0.442. The standard InChI is InChI=1S/C13H24N2O3/c16-7-10(8-17)14-13(18)12-6-5-9-3-1-2-4-11(9)15-12/h9-12,15-17H,1-8H2,(H,14,18). The first-order valence-corrected chi connectivity index (χ1v) is 7.02. The van der Waals surface area contributed by atoms with Crippen LogP contribution in [0.3, 0.4) is 0 Å². The lowest BCUT2D eigenvalue weighted by Gasteiger charge is -2.40. The van der Waals surface area contributed by atoms with Crippen molar-refractivity contribution in [2.45, 2.75) is 56.7 Å². The number of aliphatic hydroxyl groups excluding tert-OH is 2. The second-order valence-corrected chi connectivity index (χ2v) is 5.52. The van der Waals surface area contributed by atoms with Crippen molar-refractivity contribution in [1.82, 2.24) is 10.6 Å². The Morgan fingerprint density at radius 3 is 2.61 bits per heavy atom. The minimum Gasteiger partial charge on any atom is -0.394 e. The highest BCUT2D eigenvalue weighted by Crippen LogP contribution is 2.32. The highest BCUT2D eigenvalue weighted by atomic mass is 16.3. The van der Waals surface area contributed by atoms with Gasteiger partial charge >= 0.3 is 0 Å². The zero-order chi connectivity index (χ0) is 13.0. The first kappa shape index (κ1) is 13.8. The van der Waals surface area contributed by atoms with E-state index in [1.54, 1.807) is 0 Å². The number of nitrogens with one attached hydrogen (secondary N) is 2. The normalized spacial score (nSPS) is 32.1. The van der Waals surface area contributed by atoms with Gasteiger partial charge in [0.1, 0.15) is 0 Å². The van der Waals surface area contributed by atoms with E-state index in [-0.39, 0.29) is 25.2 Å². The largest absolute Gasteiger partial charge is 0.394 e. The van der Waals surface area contributed by atoms with Crippen LogP contribution in [0.2, 0.25) is 0 Å². The Hall–Kier alpha value is -0.650. The van der Waals surface area contributed by atoms with Crippen molar-refractivity contribution in [3.05, 3.63) is 0 Å². The summed E-state index contributed by atoms with van der Waals surface area (Å²) in [6.07, 6.45) is 6.98. The van der Waals surface area contributed by atoms with Crippen molar-refractivity contribution < 1.29 is 15.0 Å². The summed E-state index contributed by atoms with van der Waals surface area (Å²) in [4.78, 5) is 12.0. The van der Waals surface area contributed by atoms with E-state index in [2.05, 4.69) is 10.6 Å². The Balaban J connectivity index is 1.84. The molecule has 1 aliphatic heterocycles. The summed E-state index contributed by atoms with van der Waals surface area (Å²) in [5.74, 6) is 0.640. The van der Waals surface area contributed by atoms with Gasteiger partial charge < -0.3 is 20.8 Å². The minimum atomic E-state index is -0.539. The lowest BCUT2D eigenvalue weighted by atomic mass is 9.77. The number of hydrogen-bond donors (Lipinski definition) is 4. The number of carbonyl (C=O) groups excluding carboxylic acids is 1. The summed E-state index contributed by atoms with van der Waals surface area (Å²) >= 11 is 0. The van der Waals surface area contributed by atoms with Crippen LogP contribution in [-0.4, -0.2) is 47.5 Å². The summed E-state index contributed by atoms with van der Waals surface area (Å²) in [6, 6.07) is -0.224. The second kappa shape index (κ2) is 6.50.